The highest BCUT2D eigenvalue weighted by molar-refractivity contribution is 5.89. The summed E-state index contributed by atoms with van der Waals surface area (Å²) in [5.41, 5.74) is 3.85. The van der Waals surface area contributed by atoms with Crippen LogP contribution in [-0.4, -0.2) is 25.8 Å². The molecule has 0 unspecified atom stereocenters. The van der Waals surface area contributed by atoms with Crippen LogP contribution in [0.3, 0.4) is 0 Å². The summed E-state index contributed by atoms with van der Waals surface area (Å²) in [4.78, 5) is 15.8. The fourth-order valence-corrected chi connectivity index (χ4v) is 2.50. The van der Waals surface area contributed by atoms with E-state index < -0.39 is 5.97 Å². The molecule has 0 aliphatic rings. The van der Waals surface area contributed by atoms with Crippen molar-refractivity contribution in [2.75, 3.05) is 0 Å². The summed E-state index contributed by atoms with van der Waals surface area (Å²) in [6.45, 7) is 5.76. The van der Waals surface area contributed by atoms with E-state index in [-0.39, 0.29) is 5.56 Å². The molecule has 0 saturated carbocycles. The Hall–Kier alpha value is -2.69. The molecule has 0 saturated heterocycles. The molecule has 0 spiro atoms. The second-order valence-electron chi connectivity index (χ2n) is 5.13. The van der Waals surface area contributed by atoms with Crippen molar-refractivity contribution in [3.8, 4) is 5.82 Å². The smallest absolute Gasteiger partial charge is 0.339 e. The van der Waals surface area contributed by atoms with Gasteiger partial charge in [0.1, 0.15) is 5.56 Å². The van der Waals surface area contributed by atoms with Crippen molar-refractivity contribution in [2.24, 2.45) is 0 Å². The lowest BCUT2D eigenvalue weighted by molar-refractivity contribution is 0.0696. The summed E-state index contributed by atoms with van der Waals surface area (Å²) in [6.07, 6.45) is 1.36. The number of fused-ring (bicyclic) bond motifs is 1. The van der Waals surface area contributed by atoms with Gasteiger partial charge in [-0.2, -0.15) is 5.10 Å². The quantitative estimate of drug-likeness (QED) is 0.784. The lowest BCUT2D eigenvalue weighted by Crippen LogP contribution is -2.05. The first-order valence-corrected chi connectivity index (χ1v) is 6.64. The molecule has 2 aromatic heterocycles. The molecular formula is C16H15N3O2. The molecule has 1 N–H and O–H groups in total. The summed E-state index contributed by atoms with van der Waals surface area (Å²) >= 11 is 0. The first-order valence-electron chi connectivity index (χ1n) is 6.64. The molecule has 1 aromatic carbocycles. The number of carbonyl (C=O) groups is 1. The van der Waals surface area contributed by atoms with Gasteiger partial charge in [0.15, 0.2) is 5.82 Å². The van der Waals surface area contributed by atoms with Crippen molar-refractivity contribution in [1.29, 1.82) is 0 Å². The van der Waals surface area contributed by atoms with Crippen LogP contribution < -0.4 is 0 Å². The maximum absolute atomic E-state index is 11.1. The number of carboxylic acids is 1. The highest BCUT2D eigenvalue weighted by Crippen LogP contribution is 2.23. The lowest BCUT2D eigenvalue weighted by atomic mass is 10.1. The van der Waals surface area contributed by atoms with E-state index in [0.29, 0.717) is 11.5 Å². The van der Waals surface area contributed by atoms with Crippen LogP contribution in [-0.2, 0) is 0 Å². The molecule has 0 amide bonds. The minimum absolute atomic E-state index is 0.194. The monoisotopic (exact) mass is 281 g/mol. The van der Waals surface area contributed by atoms with Gasteiger partial charge in [-0.1, -0.05) is 18.2 Å². The molecule has 0 radical (unpaired) electrons. The Balaban J connectivity index is 2.26. The molecule has 106 valence electrons. The third-order valence-electron chi connectivity index (χ3n) is 3.69. The van der Waals surface area contributed by atoms with Gasteiger partial charge < -0.3 is 5.11 Å². The standard InChI is InChI=1S/C16H15N3O2/c1-9-5-4-6-12-10(2)7-14(18-15(9)12)19-11(3)13(8-17-19)16(20)21/h4-8H,1-3H3,(H,20,21). The average molecular weight is 281 g/mol. The Kier molecular flexibility index (Phi) is 2.97. The maximum atomic E-state index is 11.1. The zero-order valence-electron chi connectivity index (χ0n) is 12.1. The molecule has 3 rings (SSSR count). The molecule has 0 fully saturated rings. The van der Waals surface area contributed by atoms with Gasteiger partial charge in [0, 0.05) is 5.39 Å². The number of aromatic nitrogens is 3. The first-order chi connectivity index (χ1) is 9.99. The molecular weight excluding hydrogens is 266 g/mol. The van der Waals surface area contributed by atoms with E-state index in [9.17, 15) is 4.79 Å². The second kappa shape index (κ2) is 4.70. The average Bonchev–Trinajstić information content (AvgIpc) is 2.82. The number of hydrogen-bond donors (Lipinski definition) is 1. The summed E-state index contributed by atoms with van der Waals surface area (Å²) < 4.78 is 1.57. The van der Waals surface area contributed by atoms with Gasteiger partial charge in [0.05, 0.1) is 17.4 Å². The Labute approximate surface area is 121 Å². The Bertz CT molecular complexity index is 865. The van der Waals surface area contributed by atoms with Gasteiger partial charge in [0.2, 0.25) is 0 Å². The van der Waals surface area contributed by atoms with Crippen molar-refractivity contribution in [3.63, 3.8) is 0 Å². The number of aromatic carboxylic acids is 1. The van der Waals surface area contributed by atoms with Crippen LogP contribution in [0.2, 0.25) is 0 Å². The van der Waals surface area contributed by atoms with Gasteiger partial charge in [-0.3, -0.25) is 0 Å². The zero-order chi connectivity index (χ0) is 15.1. The van der Waals surface area contributed by atoms with E-state index in [1.165, 1.54) is 6.20 Å². The number of carboxylic acid groups (broad SMARTS) is 1. The fraction of sp³-hybridized carbons (Fsp3) is 0.188. The predicted molar refractivity (Wildman–Crippen MR) is 80.0 cm³/mol. The van der Waals surface area contributed by atoms with Crippen LogP contribution in [0.25, 0.3) is 16.7 Å². The van der Waals surface area contributed by atoms with Gasteiger partial charge in [-0.05, 0) is 38.0 Å². The highest BCUT2D eigenvalue weighted by Gasteiger charge is 2.15. The third-order valence-corrected chi connectivity index (χ3v) is 3.69. The minimum atomic E-state index is -0.979. The predicted octanol–water partition coefficient (Wildman–Crippen LogP) is 3.04. The van der Waals surface area contributed by atoms with Crippen molar-refractivity contribution in [2.45, 2.75) is 20.8 Å². The lowest BCUT2D eigenvalue weighted by Gasteiger charge is -2.09. The number of benzene rings is 1. The van der Waals surface area contributed by atoms with Crippen LogP contribution in [0.4, 0.5) is 0 Å². The molecule has 0 aliphatic heterocycles. The summed E-state index contributed by atoms with van der Waals surface area (Å²) in [5.74, 6) is -0.341. The fourth-order valence-electron chi connectivity index (χ4n) is 2.50. The molecule has 0 atom stereocenters. The SMILES string of the molecule is Cc1cc(-n2ncc(C(=O)O)c2C)nc2c(C)cccc12. The third kappa shape index (κ3) is 2.07. The molecule has 2 heterocycles. The molecule has 0 bridgehead atoms. The van der Waals surface area contributed by atoms with Gasteiger partial charge in [0.25, 0.3) is 0 Å². The Morgan fingerprint density at radius 1 is 1.19 bits per heavy atom. The van der Waals surface area contributed by atoms with E-state index >= 15 is 0 Å². The summed E-state index contributed by atoms with van der Waals surface area (Å²) in [6, 6.07) is 7.98. The Morgan fingerprint density at radius 2 is 1.95 bits per heavy atom. The second-order valence-corrected chi connectivity index (χ2v) is 5.13. The number of pyridine rings is 1. The van der Waals surface area contributed by atoms with Gasteiger partial charge >= 0.3 is 5.97 Å². The van der Waals surface area contributed by atoms with Crippen LogP contribution in [0.1, 0.15) is 27.2 Å². The number of hydrogen-bond acceptors (Lipinski definition) is 3. The topological polar surface area (TPSA) is 68.0 Å². The molecule has 5 heteroatoms. The van der Waals surface area contributed by atoms with Crippen LogP contribution in [0, 0.1) is 20.8 Å². The number of para-hydroxylation sites is 1. The zero-order valence-corrected chi connectivity index (χ0v) is 12.1. The highest BCUT2D eigenvalue weighted by atomic mass is 16.4. The number of rotatable bonds is 2. The van der Waals surface area contributed by atoms with E-state index in [2.05, 4.69) is 10.1 Å². The van der Waals surface area contributed by atoms with E-state index in [1.54, 1.807) is 11.6 Å². The van der Waals surface area contributed by atoms with E-state index in [1.807, 2.05) is 38.1 Å². The van der Waals surface area contributed by atoms with Crippen molar-refractivity contribution >= 4 is 16.9 Å². The summed E-state index contributed by atoms with van der Waals surface area (Å²) in [5, 5.41) is 14.4. The maximum Gasteiger partial charge on any atom is 0.339 e. The van der Waals surface area contributed by atoms with Crippen LogP contribution in [0.15, 0.2) is 30.5 Å². The minimum Gasteiger partial charge on any atom is -0.478 e. The normalized spacial score (nSPS) is 11.0. The molecule has 5 nitrogen and oxygen atoms in total. The summed E-state index contributed by atoms with van der Waals surface area (Å²) in [7, 11) is 0. The van der Waals surface area contributed by atoms with Crippen molar-refractivity contribution in [1.82, 2.24) is 14.8 Å². The number of nitrogens with zero attached hydrogens (tertiary/aromatic N) is 3. The van der Waals surface area contributed by atoms with Gasteiger partial charge in [-0.15, -0.1) is 0 Å². The van der Waals surface area contributed by atoms with E-state index in [0.717, 1.165) is 22.0 Å². The molecule has 3 aromatic rings. The Morgan fingerprint density at radius 3 is 2.62 bits per heavy atom. The van der Waals surface area contributed by atoms with Crippen LogP contribution in [0.5, 0.6) is 0 Å². The largest absolute Gasteiger partial charge is 0.478 e. The van der Waals surface area contributed by atoms with Crippen LogP contribution >= 0.6 is 0 Å². The van der Waals surface area contributed by atoms with Gasteiger partial charge in [-0.25, -0.2) is 14.5 Å². The first kappa shape index (κ1) is 13.3. The molecule has 0 aliphatic carbocycles. The number of aryl methyl sites for hydroxylation is 2. The van der Waals surface area contributed by atoms with Crippen molar-refractivity contribution < 1.29 is 9.90 Å². The molecule has 21 heavy (non-hydrogen) atoms. The van der Waals surface area contributed by atoms with Crippen molar-refractivity contribution in [3.05, 3.63) is 52.8 Å². The van der Waals surface area contributed by atoms with E-state index in [4.69, 9.17) is 5.11 Å².